The number of halogens is 3. The largest absolute Gasteiger partial charge is 0.416 e. The van der Waals surface area contributed by atoms with Crippen molar-refractivity contribution < 1.29 is 22.9 Å². The molecule has 0 aliphatic heterocycles. The summed E-state index contributed by atoms with van der Waals surface area (Å²) in [5.74, 6) is -0.619. The van der Waals surface area contributed by atoms with Gasteiger partial charge in [-0.1, -0.05) is 12.1 Å². The molecule has 33 heavy (non-hydrogen) atoms. The summed E-state index contributed by atoms with van der Waals surface area (Å²) in [5.41, 5.74) is 1.65. The third kappa shape index (κ3) is 7.00. The molecule has 1 aromatic heterocycles. The molecule has 0 saturated heterocycles. The Labute approximate surface area is 189 Å². The Morgan fingerprint density at radius 2 is 1.91 bits per heavy atom. The molecule has 2 N–H and O–H groups in total. The summed E-state index contributed by atoms with van der Waals surface area (Å²) in [6, 6.07) is 10.4. The van der Waals surface area contributed by atoms with Crippen molar-refractivity contribution in [3.05, 3.63) is 82.2 Å². The van der Waals surface area contributed by atoms with Crippen LogP contribution >= 0.6 is 11.8 Å². The number of hydrogen-bond donors (Lipinski definition) is 2. The van der Waals surface area contributed by atoms with Gasteiger partial charge in [-0.3, -0.25) is 14.9 Å². The van der Waals surface area contributed by atoms with Gasteiger partial charge in [0.1, 0.15) is 0 Å². The molecular formula is C20H15F3N6O3S. The van der Waals surface area contributed by atoms with E-state index in [9.17, 15) is 28.1 Å². The lowest BCUT2D eigenvalue weighted by Gasteiger charge is -2.10. The number of anilines is 1. The van der Waals surface area contributed by atoms with Gasteiger partial charge in [-0.2, -0.15) is 18.3 Å². The Morgan fingerprint density at radius 1 is 1.15 bits per heavy atom. The molecule has 0 unspecified atom stereocenters. The van der Waals surface area contributed by atoms with Crippen LogP contribution in [0, 0.1) is 10.1 Å². The molecule has 0 atom stereocenters. The van der Waals surface area contributed by atoms with Crippen molar-refractivity contribution in [2.75, 3.05) is 11.9 Å². The van der Waals surface area contributed by atoms with Gasteiger partial charge in [0.25, 0.3) is 11.6 Å². The topological polar surface area (TPSA) is 122 Å². The Bertz CT molecular complexity index is 1180. The molecule has 170 valence electrons. The molecule has 0 saturated carbocycles. The van der Waals surface area contributed by atoms with Crippen LogP contribution in [0.15, 0.2) is 76.1 Å². The standard InChI is InChI=1S/C20H15F3N6O3S/c21-20(22,23)14-3-1-4-15(10-14)26-12-18(30)28-27-11-13-5-6-17(16(9-13)29(31)32)33-19-24-7-2-8-25-19/h1-11,26H,12H2,(H,28,30)/b27-11-. The van der Waals surface area contributed by atoms with Crippen LogP contribution in [-0.4, -0.2) is 33.6 Å². The number of rotatable bonds is 8. The van der Waals surface area contributed by atoms with E-state index in [1.54, 1.807) is 12.1 Å². The molecule has 0 aliphatic carbocycles. The van der Waals surface area contributed by atoms with Gasteiger partial charge in [0, 0.05) is 29.7 Å². The first-order valence-corrected chi connectivity index (χ1v) is 10.0. The average molecular weight is 476 g/mol. The highest BCUT2D eigenvalue weighted by Crippen LogP contribution is 2.33. The lowest BCUT2D eigenvalue weighted by Crippen LogP contribution is -2.26. The fraction of sp³-hybridized carbons (Fsp3) is 0.100. The third-order valence-corrected chi connectivity index (χ3v) is 4.93. The predicted octanol–water partition coefficient (Wildman–Crippen LogP) is 4.12. The summed E-state index contributed by atoms with van der Waals surface area (Å²) in [6.45, 7) is -0.328. The first kappa shape index (κ1) is 23.7. The molecule has 2 aromatic carbocycles. The highest BCUT2D eigenvalue weighted by atomic mass is 32.2. The van der Waals surface area contributed by atoms with Gasteiger partial charge in [-0.15, -0.1) is 0 Å². The fourth-order valence-electron chi connectivity index (χ4n) is 2.49. The van der Waals surface area contributed by atoms with Crippen LogP contribution in [0.4, 0.5) is 24.5 Å². The van der Waals surface area contributed by atoms with Crippen molar-refractivity contribution in [1.29, 1.82) is 0 Å². The smallest absolute Gasteiger partial charge is 0.376 e. The molecular weight excluding hydrogens is 461 g/mol. The van der Waals surface area contributed by atoms with E-state index in [1.807, 2.05) is 0 Å². The van der Waals surface area contributed by atoms with E-state index in [0.717, 1.165) is 23.9 Å². The van der Waals surface area contributed by atoms with E-state index in [2.05, 4.69) is 25.8 Å². The van der Waals surface area contributed by atoms with E-state index in [1.165, 1.54) is 42.9 Å². The third-order valence-electron chi connectivity index (χ3n) is 3.97. The highest BCUT2D eigenvalue weighted by Gasteiger charge is 2.30. The predicted molar refractivity (Wildman–Crippen MR) is 115 cm³/mol. The lowest BCUT2D eigenvalue weighted by molar-refractivity contribution is -0.387. The number of alkyl halides is 3. The number of nitrogens with zero attached hydrogens (tertiary/aromatic N) is 4. The monoisotopic (exact) mass is 476 g/mol. The molecule has 3 rings (SSSR count). The normalized spacial score (nSPS) is 11.4. The van der Waals surface area contributed by atoms with Gasteiger partial charge in [0.15, 0.2) is 5.16 Å². The Morgan fingerprint density at radius 3 is 2.61 bits per heavy atom. The Hall–Kier alpha value is -4.00. The lowest BCUT2D eigenvalue weighted by atomic mass is 10.2. The summed E-state index contributed by atoms with van der Waals surface area (Å²) in [4.78, 5) is 31.1. The second-order valence-electron chi connectivity index (χ2n) is 6.34. The molecule has 13 heteroatoms. The summed E-state index contributed by atoms with van der Waals surface area (Å²) in [6.07, 6.45) is -0.239. The molecule has 1 amide bonds. The van der Waals surface area contributed by atoms with Gasteiger partial charge in [0.2, 0.25) is 0 Å². The fourth-order valence-corrected chi connectivity index (χ4v) is 3.28. The second kappa shape index (κ2) is 10.5. The molecule has 0 fully saturated rings. The minimum absolute atomic E-state index is 0.120. The minimum Gasteiger partial charge on any atom is -0.376 e. The van der Waals surface area contributed by atoms with Gasteiger partial charge in [-0.25, -0.2) is 15.4 Å². The van der Waals surface area contributed by atoms with Crippen molar-refractivity contribution in [2.45, 2.75) is 16.2 Å². The first-order chi connectivity index (χ1) is 15.7. The van der Waals surface area contributed by atoms with Crippen LogP contribution in [0.2, 0.25) is 0 Å². The second-order valence-corrected chi connectivity index (χ2v) is 7.35. The zero-order valence-corrected chi connectivity index (χ0v) is 17.4. The summed E-state index contributed by atoms with van der Waals surface area (Å²) < 4.78 is 38.2. The van der Waals surface area contributed by atoms with Crippen molar-refractivity contribution in [1.82, 2.24) is 15.4 Å². The van der Waals surface area contributed by atoms with Crippen LogP contribution in [0.1, 0.15) is 11.1 Å². The van der Waals surface area contributed by atoms with Crippen LogP contribution in [0.5, 0.6) is 0 Å². The molecule has 0 spiro atoms. The number of nitro benzene ring substituents is 1. The number of benzene rings is 2. The van der Waals surface area contributed by atoms with E-state index in [-0.39, 0.29) is 17.9 Å². The first-order valence-electron chi connectivity index (χ1n) is 9.19. The Balaban J connectivity index is 1.59. The van der Waals surface area contributed by atoms with Crippen LogP contribution in [-0.2, 0) is 11.0 Å². The maximum atomic E-state index is 12.7. The van der Waals surface area contributed by atoms with E-state index >= 15 is 0 Å². The van der Waals surface area contributed by atoms with E-state index in [4.69, 9.17) is 0 Å². The zero-order valence-electron chi connectivity index (χ0n) is 16.6. The maximum Gasteiger partial charge on any atom is 0.416 e. The number of carbonyl (C=O) groups is 1. The van der Waals surface area contributed by atoms with Crippen LogP contribution in [0.3, 0.4) is 0 Å². The van der Waals surface area contributed by atoms with E-state index in [0.29, 0.717) is 15.6 Å². The zero-order chi connectivity index (χ0) is 23.8. The number of nitrogens with one attached hydrogen (secondary N) is 2. The molecule has 1 heterocycles. The molecule has 9 nitrogen and oxygen atoms in total. The SMILES string of the molecule is O=C(CNc1cccc(C(F)(F)F)c1)N/N=C\c1ccc(Sc2ncccn2)c([N+](=O)[O-])c1. The number of hydrazone groups is 1. The summed E-state index contributed by atoms with van der Waals surface area (Å²) in [5, 5.41) is 18.1. The number of amides is 1. The van der Waals surface area contributed by atoms with Crippen LogP contribution in [0.25, 0.3) is 0 Å². The van der Waals surface area contributed by atoms with Crippen molar-refractivity contribution >= 4 is 35.3 Å². The molecule has 3 aromatic rings. The number of nitro groups is 1. The molecule has 0 radical (unpaired) electrons. The van der Waals surface area contributed by atoms with Crippen molar-refractivity contribution in [3.63, 3.8) is 0 Å². The number of hydrogen-bond acceptors (Lipinski definition) is 8. The van der Waals surface area contributed by atoms with Gasteiger partial charge in [-0.05, 0) is 42.1 Å². The molecule has 0 aliphatic rings. The van der Waals surface area contributed by atoms with Gasteiger partial charge < -0.3 is 5.32 Å². The van der Waals surface area contributed by atoms with Crippen molar-refractivity contribution in [2.24, 2.45) is 5.10 Å². The van der Waals surface area contributed by atoms with Gasteiger partial charge >= 0.3 is 6.18 Å². The maximum absolute atomic E-state index is 12.7. The minimum atomic E-state index is -4.49. The Kier molecular flexibility index (Phi) is 7.56. The highest BCUT2D eigenvalue weighted by molar-refractivity contribution is 7.99. The number of carbonyl (C=O) groups excluding carboxylic acids is 1. The summed E-state index contributed by atoms with van der Waals surface area (Å²) in [7, 11) is 0. The average Bonchev–Trinajstić information content (AvgIpc) is 2.79. The van der Waals surface area contributed by atoms with E-state index < -0.39 is 22.6 Å². The summed E-state index contributed by atoms with van der Waals surface area (Å²) >= 11 is 1.03. The quantitative estimate of drug-likeness (QED) is 0.217. The van der Waals surface area contributed by atoms with Crippen molar-refractivity contribution in [3.8, 4) is 0 Å². The van der Waals surface area contributed by atoms with Crippen LogP contribution < -0.4 is 10.7 Å². The van der Waals surface area contributed by atoms with Gasteiger partial charge in [0.05, 0.1) is 28.1 Å². The number of aromatic nitrogens is 2. The molecule has 0 bridgehead atoms.